The van der Waals surface area contributed by atoms with Gasteiger partial charge in [0.05, 0.1) is 6.61 Å². The molecule has 3 nitrogen and oxygen atoms in total. The molecule has 2 heterocycles. The fraction of sp³-hybridized carbons (Fsp3) is 0.429. The van der Waals surface area contributed by atoms with Gasteiger partial charge in [0, 0.05) is 24.8 Å². The average molecular weight is 322 g/mol. The van der Waals surface area contributed by atoms with Crippen LogP contribution in [0.15, 0.2) is 36.4 Å². The van der Waals surface area contributed by atoms with Crippen molar-refractivity contribution >= 4 is 5.69 Å². The van der Waals surface area contributed by atoms with Crippen molar-refractivity contribution in [2.75, 3.05) is 31.1 Å². The Balaban J connectivity index is 1.68. The molecule has 0 bridgehead atoms. The summed E-state index contributed by atoms with van der Waals surface area (Å²) in [5, 5.41) is 3.52. The predicted molar refractivity (Wildman–Crippen MR) is 100 cm³/mol. The normalized spacial score (nSPS) is 19.6. The highest BCUT2D eigenvalue weighted by atomic mass is 16.5. The van der Waals surface area contributed by atoms with Crippen molar-refractivity contribution in [3.8, 4) is 16.9 Å². The van der Waals surface area contributed by atoms with Crippen LogP contribution in [-0.4, -0.2) is 32.3 Å². The lowest BCUT2D eigenvalue weighted by Crippen LogP contribution is -2.32. The molecule has 1 unspecified atom stereocenters. The van der Waals surface area contributed by atoms with Crippen LogP contribution in [0, 0.1) is 6.92 Å². The maximum absolute atomic E-state index is 5.62. The third-order valence-electron chi connectivity index (χ3n) is 5.29. The molecule has 1 fully saturated rings. The Bertz CT molecular complexity index is 741. The summed E-state index contributed by atoms with van der Waals surface area (Å²) in [7, 11) is 0. The van der Waals surface area contributed by atoms with E-state index in [0.717, 1.165) is 25.4 Å². The molecule has 24 heavy (non-hydrogen) atoms. The Morgan fingerprint density at radius 1 is 1.17 bits per heavy atom. The number of nitrogens with one attached hydrogen (secondary N) is 1. The molecule has 2 aliphatic rings. The zero-order valence-corrected chi connectivity index (χ0v) is 14.6. The number of rotatable bonds is 3. The maximum Gasteiger partial charge on any atom is 0.119 e. The minimum atomic E-state index is 0.673. The third-order valence-corrected chi connectivity index (χ3v) is 5.29. The Morgan fingerprint density at radius 2 is 2.08 bits per heavy atom. The topological polar surface area (TPSA) is 24.5 Å². The monoisotopic (exact) mass is 322 g/mol. The third kappa shape index (κ3) is 2.78. The average Bonchev–Trinajstić information content (AvgIpc) is 2.76. The standard InChI is InChI=1S/C21H26N2O/c1-3-24-19-6-7-20(15(2)12-19)16-4-5-17-13-18-8-9-22-10-11-23(18)21(17)14-16/h4-7,12,14,18,22H,3,8-11,13H2,1-2H3. The summed E-state index contributed by atoms with van der Waals surface area (Å²) in [5.41, 5.74) is 6.83. The first-order chi connectivity index (χ1) is 11.8. The fourth-order valence-electron chi connectivity index (χ4n) is 4.10. The zero-order chi connectivity index (χ0) is 16.5. The molecular formula is C21H26N2O. The van der Waals surface area contributed by atoms with Gasteiger partial charge in [0.1, 0.15) is 5.75 Å². The van der Waals surface area contributed by atoms with Crippen LogP contribution < -0.4 is 15.0 Å². The van der Waals surface area contributed by atoms with Gasteiger partial charge in [0.15, 0.2) is 0 Å². The minimum Gasteiger partial charge on any atom is -0.494 e. The molecule has 1 atom stereocenters. The summed E-state index contributed by atoms with van der Waals surface area (Å²) in [6.07, 6.45) is 2.44. The van der Waals surface area contributed by atoms with Crippen LogP contribution in [0.5, 0.6) is 5.75 Å². The van der Waals surface area contributed by atoms with Crippen LogP contribution in [0.4, 0.5) is 5.69 Å². The van der Waals surface area contributed by atoms with Crippen LogP contribution in [0.1, 0.15) is 24.5 Å². The van der Waals surface area contributed by atoms with Gasteiger partial charge in [-0.25, -0.2) is 0 Å². The number of ether oxygens (including phenoxy) is 1. The van der Waals surface area contributed by atoms with Crippen LogP contribution in [0.3, 0.4) is 0 Å². The highest BCUT2D eigenvalue weighted by molar-refractivity contribution is 5.75. The van der Waals surface area contributed by atoms with Crippen LogP contribution in [-0.2, 0) is 6.42 Å². The number of aryl methyl sites for hydroxylation is 1. The number of hydrogen-bond acceptors (Lipinski definition) is 3. The van der Waals surface area contributed by atoms with Gasteiger partial charge in [0.2, 0.25) is 0 Å². The van der Waals surface area contributed by atoms with Crippen molar-refractivity contribution in [2.24, 2.45) is 0 Å². The molecule has 0 radical (unpaired) electrons. The van der Waals surface area contributed by atoms with Crippen LogP contribution >= 0.6 is 0 Å². The highest BCUT2D eigenvalue weighted by Crippen LogP contribution is 2.38. The second-order valence-corrected chi connectivity index (χ2v) is 6.84. The summed E-state index contributed by atoms with van der Waals surface area (Å²) in [6.45, 7) is 8.24. The lowest BCUT2D eigenvalue weighted by molar-refractivity contribution is 0.340. The molecule has 2 aromatic rings. The number of anilines is 1. The first-order valence-corrected chi connectivity index (χ1v) is 9.10. The van der Waals surface area contributed by atoms with Crippen molar-refractivity contribution in [1.29, 1.82) is 0 Å². The maximum atomic E-state index is 5.62. The van der Waals surface area contributed by atoms with E-state index in [1.807, 2.05) is 6.92 Å². The molecule has 0 saturated carbocycles. The summed E-state index contributed by atoms with van der Waals surface area (Å²) in [4.78, 5) is 2.61. The number of nitrogens with zero attached hydrogens (tertiary/aromatic N) is 1. The second kappa shape index (κ2) is 6.48. The molecule has 2 aliphatic heterocycles. The summed E-state index contributed by atoms with van der Waals surface area (Å²) < 4.78 is 5.62. The fourth-order valence-corrected chi connectivity index (χ4v) is 4.10. The molecule has 0 amide bonds. The minimum absolute atomic E-state index is 0.673. The molecule has 4 rings (SSSR count). The van der Waals surface area contributed by atoms with Gasteiger partial charge in [-0.1, -0.05) is 18.2 Å². The molecule has 1 saturated heterocycles. The number of benzene rings is 2. The molecule has 2 aromatic carbocycles. The van der Waals surface area contributed by atoms with E-state index >= 15 is 0 Å². The van der Waals surface area contributed by atoms with E-state index < -0.39 is 0 Å². The van der Waals surface area contributed by atoms with Gasteiger partial charge in [-0.05, 0) is 73.7 Å². The van der Waals surface area contributed by atoms with Gasteiger partial charge in [-0.3, -0.25) is 0 Å². The van der Waals surface area contributed by atoms with E-state index in [1.54, 1.807) is 0 Å². The number of hydrogen-bond donors (Lipinski definition) is 1. The summed E-state index contributed by atoms with van der Waals surface area (Å²) in [5.74, 6) is 0.957. The lowest BCUT2D eigenvalue weighted by atomic mass is 9.98. The van der Waals surface area contributed by atoms with Crippen LogP contribution in [0.2, 0.25) is 0 Å². The van der Waals surface area contributed by atoms with Crippen molar-refractivity contribution < 1.29 is 4.74 Å². The Kier molecular flexibility index (Phi) is 4.19. The Hall–Kier alpha value is -2.00. The van der Waals surface area contributed by atoms with E-state index in [0.29, 0.717) is 12.6 Å². The van der Waals surface area contributed by atoms with Crippen molar-refractivity contribution in [3.63, 3.8) is 0 Å². The first kappa shape index (κ1) is 15.5. The Morgan fingerprint density at radius 3 is 2.92 bits per heavy atom. The van der Waals surface area contributed by atoms with Crippen LogP contribution in [0.25, 0.3) is 11.1 Å². The van der Waals surface area contributed by atoms with Crippen molar-refractivity contribution in [2.45, 2.75) is 32.7 Å². The smallest absolute Gasteiger partial charge is 0.119 e. The second-order valence-electron chi connectivity index (χ2n) is 6.84. The van der Waals surface area contributed by atoms with Crippen molar-refractivity contribution in [3.05, 3.63) is 47.5 Å². The van der Waals surface area contributed by atoms with E-state index in [4.69, 9.17) is 4.74 Å². The summed E-state index contributed by atoms with van der Waals surface area (Å²) >= 11 is 0. The van der Waals surface area contributed by atoms with Gasteiger partial charge in [-0.15, -0.1) is 0 Å². The van der Waals surface area contributed by atoms with E-state index in [9.17, 15) is 0 Å². The molecule has 126 valence electrons. The molecule has 0 spiro atoms. The SMILES string of the molecule is CCOc1ccc(-c2ccc3c(c2)N2CCNCCC2C3)c(C)c1. The van der Waals surface area contributed by atoms with Gasteiger partial charge >= 0.3 is 0 Å². The van der Waals surface area contributed by atoms with Gasteiger partial charge < -0.3 is 15.0 Å². The highest BCUT2D eigenvalue weighted by Gasteiger charge is 2.30. The first-order valence-electron chi connectivity index (χ1n) is 9.10. The van der Waals surface area contributed by atoms with Gasteiger partial charge in [0.25, 0.3) is 0 Å². The largest absolute Gasteiger partial charge is 0.494 e. The molecule has 0 aromatic heterocycles. The molecule has 1 N–H and O–H groups in total. The molecular weight excluding hydrogens is 296 g/mol. The molecule has 3 heteroatoms. The predicted octanol–water partition coefficient (Wildman–Crippen LogP) is 3.79. The quantitative estimate of drug-likeness (QED) is 0.930. The summed E-state index contributed by atoms with van der Waals surface area (Å²) in [6, 6.07) is 14.1. The zero-order valence-electron chi connectivity index (χ0n) is 14.6. The van der Waals surface area contributed by atoms with E-state index in [-0.39, 0.29) is 0 Å². The molecule has 0 aliphatic carbocycles. The lowest BCUT2D eigenvalue weighted by Gasteiger charge is -2.25. The van der Waals surface area contributed by atoms with Crippen molar-refractivity contribution in [1.82, 2.24) is 5.32 Å². The van der Waals surface area contributed by atoms with E-state index in [2.05, 4.69) is 53.5 Å². The van der Waals surface area contributed by atoms with Gasteiger partial charge in [-0.2, -0.15) is 0 Å². The number of fused-ring (bicyclic) bond motifs is 3. The Labute approximate surface area is 144 Å². The van der Waals surface area contributed by atoms with E-state index in [1.165, 1.54) is 40.8 Å².